The molecule has 3 aromatic rings. The largest absolute Gasteiger partial charge is 0.497 e. The maximum absolute atomic E-state index is 13.2. The SMILES string of the molecule is COc1ccc(OC)c(-c2c(C)oc3cc([N+](=O)[O-])c(O)c([N+](=O)[O-])c3c2=O)c1. The molecule has 0 atom stereocenters. The molecular formula is C18H14N2O9. The van der Waals surface area contributed by atoms with Gasteiger partial charge in [0.15, 0.2) is 5.58 Å². The van der Waals surface area contributed by atoms with E-state index in [-0.39, 0.29) is 22.6 Å². The molecule has 0 amide bonds. The molecule has 0 radical (unpaired) electrons. The van der Waals surface area contributed by atoms with Crippen molar-refractivity contribution in [3.63, 3.8) is 0 Å². The Morgan fingerprint density at radius 1 is 1.07 bits per heavy atom. The Morgan fingerprint density at radius 2 is 1.76 bits per heavy atom. The van der Waals surface area contributed by atoms with Crippen molar-refractivity contribution in [3.8, 4) is 28.4 Å². The van der Waals surface area contributed by atoms with E-state index in [1.165, 1.54) is 27.2 Å². The van der Waals surface area contributed by atoms with Gasteiger partial charge in [-0.25, -0.2) is 0 Å². The van der Waals surface area contributed by atoms with Crippen LogP contribution in [0, 0.1) is 27.2 Å². The van der Waals surface area contributed by atoms with E-state index in [4.69, 9.17) is 13.9 Å². The topological polar surface area (TPSA) is 155 Å². The van der Waals surface area contributed by atoms with Gasteiger partial charge >= 0.3 is 11.4 Å². The molecule has 11 heteroatoms. The van der Waals surface area contributed by atoms with Crippen LogP contribution in [0.15, 0.2) is 33.5 Å². The lowest BCUT2D eigenvalue weighted by molar-refractivity contribution is -0.395. The number of nitro benzene ring substituents is 2. The highest BCUT2D eigenvalue weighted by molar-refractivity contribution is 5.96. The number of fused-ring (bicyclic) bond motifs is 1. The molecule has 1 aromatic heterocycles. The Balaban J connectivity index is 2.52. The minimum absolute atomic E-state index is 0.0448. The van der Waals surface area contributed by atoms with E-state index < -0.39 is 43.4 Å². The third-order valence-corrected chi connectivity index (χ3v) is 4.34. The van der Waals surface area contributed by atoms with Crippen molar-refractivity contribution in [2.45, 2.75) is 6.92 Å². The van der Waals surface area contributed by atoms with Crippen molar-refractivity contribution >= 4 is 22.3 Å². The Morgan fingerprint density at radius 3 is 2.31 bits per heavy atom. The van der Waals surface area contributed by atoms with Crippen LogP contribution in [-0.2, 0) is 0 Å². The van der Waals surface area contributed by atoms with Crippen molar-refractivity contribution in [2.75, 3.05) is 14.2 Å². The fraction of sp³-hybridized carbons (Fsp3) is 0.167. The number of nitrogens with zero attached hydrogens (tertiary/aromatic N) is 2. The van der Waals surface area contributed by atoms with Crippen LogP contribution < -0.4 is 14.9 Å². The Kier molecular flexibility index (Phi) is 4.81. The molecule has 0 aliphatic heterocycles. The predicted octanol–water partition coefficient (Wildman–Crippen LogP) is 3.31. The molecule has 1 N–H and O–H groups in total. The number of aryl methyl sites for hydroxylation is 1. The van der Waals surface area contributed by atoms with Gasteiger partial charge in [-0.15, -0.1) is 0 Å². The zero-order valence-electron chi connectivity index (χ0n) is 15.4. The van der Waals surface area contributed by atoms with Crippen LogP contribution in [0.2, 0.25) is 0 Å². The fourth-order valence-corrected chi connectivity index (χ4v) is 3.06. The molecule has 0 saturated carbocycles. The number of ether oxygens (including phenoxy) is 2. The molecule has 0 aliphatic rings. The van der Waals surface area contributed by atoms with Crippen LogP contribution in [0.5, 0.6) is 17.2 Å². The zero-order valence-corrected chi connectivity index (χ0v) is 15.4. The Labute approximate surface area is 162 Å². The lowest BCUT2D eigenvalue weighted by atomic mass is 10.00. The van der Waals surface area contributed by atoms with Crippen molar-refractivity contribution < 1.29 is 28.8 Å². The lowest BCUT2D eigenvalue weighted by Crippen LogP contribution is -2.11. The molecule has 0 fully saturated rings. The highest BCUT2D eigenvalue weighted by Crippen LogP contribution is 2.42. The monoisotopic (exact) mass is 402 g/mol. The summed E-state index contributed by atoms with van der Waals surface area (Å²) in [5, 5.41) is 32.1. The van der Waals surface area contributed by atoms with Crippen LogP contribution >= 0.6 is 0 Å². The average Bonchev–Trinajstić information content (AvgIpc) is 2.67. The predicted molar refractivity (Wildman–Crippen MR) is 101 cm³/mol. The van der Waals surface area contributed by atoms with Gasteiger partial charge in [-0.2, -0.15) is 0 Å². The van der Waals surface area contributed by atoms with Crippen molar-refractivity contribution in [2.24, 2.45) is 0 Å². The van der Waals surface area contributed by atoms with Crippen LogP contribution in [0.1, 0.15) is 5.76 Å². The number of aromatic hydroxyl groups is 1. The van der Waals surface area contributed by atoms with Crippen molar-refractivity contribution in [1.82, 2.24) is 0 Å². The van der Waals surface area contributed by atoms with E-state index in [1.54, 1.807) is 12.1 Å². The summed E-state index contributed by atoms with van der Waals surface area (Å²) in [7, 11) is 2.80. The molecule has 0 spiro atoms. The summed E-state index contributed by atoms with van der Waals surface area (Å²) in [5.74, 6) is -0.523. The number of methoxy groups -OCH3 is 2. The quantitative estimate of drug-likeness (QED) is 0.499. The second-order valence-corrected chi connectivity index (χ2v) is 5.91. The number of phenolic OH excluding ortho intramolecular Hbond substituents is 1. The fourth-order valence-electron chi connectivity index (χ4n) is 3.06. The number of benzene rings is 2. The van der Waals surface area contributed by atoms with Gasteiger partial charge in [0.1, 0.15) is 22.6 Å². The first kappa shape index (κ1) is 19.6. The van der Waals surface area contributed by atoms with Crippen LogP contribution in [-0.4, -0.2) is 29.2 Å². The molecule has 11 nitrogen and oxygen atoms in total. The van der Waals surface area contributed by atoms with E-state index in [2.05, 4.69) is 0 Å². The summed E-state index contributed by atoms with van der Waals surface area (Å²) < 4.78 is 15.9. The van der Waals surface area contributed by atoms with Gasteiger partial charge in [0.25, 0.3) is 5.75 Å². The lowest BCUT2D eigenvalue weighted by Gasteiger charge is -2.13. The van der Waals surface area contributed by atoms with E-state index in [9.17, 15) is 30.1 Å². The first-order chi connectivity index (χ1) is 13.7. The molecule has 0 saturated heterocycles. The van der Waals surface area contributed by atoms with Crippen molar-refractivity contribution in [3.05, 3.63) is 60.5 Å². The number of hydrogen-bond donors (Lipinski definition) is 1. The molecule has 150 valence electrons. The molecule has 1 heterocycles. The summed E-state index contributed by atoms with van der Waals surface area (Å²) in [5.41, 5.74) is -3.12. The second kappa shape index (κ2) is 7.11. The maximum Gasteiger partial charge on any atom is 0.332 e. The summed E-state index contributed by atoms with van der Waals surface area (Å²) in [6.45, 7) is 1.43. The second-order valence-electron chi connectivity index (χ2n) is 5.91. The Bertz CT molecular complexity index is 1230. The third kappa shape index (κ3) is 3.08. The molecule has 2 aromatic carbocycles. The number of hydrogen-bond acceptors (Lipinski definition) is 9. The third-order valence-electron chi connectivity index (χ3n) is 4.34. The van der Waals surface area contributed by atoms with Gasteiger partial charge in [0.2, 0.25) is 5.43 Å². The van der Waals surface area contributed by atoms with Crippen LogP contribution in [0.4, 0.5) is 11.4 Å². The average molecular weight is 402 g/mol. The highest BCUT2D eigenvalue weighted by Gasteiger charge is 2.33. The summed E-state index contributed by atoms with van der Waals surface area (Å²) in [6.07, 6.45) is 0. The molecule has 0 unspecified atom stereocenters. The van der Waals surface area contributed by atoms with Gasteiger partial charge in [-0.05, 0) is 25.1 Å². The zero-order chi connectivity index (χ0) is 21.5. The number of phenols is 1. The van der Waals surface area contributed by atoms with E-state index in [1.807, 2.05) is 0 Å². The summed E-state index contributed by atoms with van der Waals surface area (Å²) in [4.78, 5) is 33.8. The molecule has 3 rings (SSSR count). The first-order valence-electron chi connectivity index (χ1n) is 8.05. The summed E-state index contributed by atoms with van der Waals surface area (Å²) in [6, 6.07) is 5.40. The van der Waals surface area contributed by atoms with Gasteiger partial charge < -0.3 is 19.0 Å². The normalized spacial score (nSPS) is 10.7. The highest BCUT2D eigenvalue weighted by atomic mass is 16.6. The summed E-state index contributed by atoms with van der Waals surface area (Å²) >= 11 is 0. The number of nitro groups is 2. The van der Waals surface area contributed by atoms with Gasteiger partial charge in [0.05, 0.1) is 35.7 Å². The van der Waals surface area contributed by atoms with E-state index in [0.717, 1.165) is 6.07 Å². The van der Waals surface area contributed by atoms with E-state index >= 15 is 0 Å². The standard InChI is InChI=1S/C18H14N2O9/c1-8-14(10-6-9(27-2)4-5-12(10)28-3)18(22)15-13(29-8)7-11(19(23)24)17(21)16(15)20(25)26/h4-7,21H,1-3H3. The minimum Gasteiger partial charge on any atom is -0.497 e. The maximum atomic E-state index is 13.2. The van der Waals surface area contributed by atoms with Crippen LogP contribution in [0.3, 0.4) is 0 Å². The number of rotatable bonds is 5. The molecule has 0 bridgehead atoms. The molecular weight excluding hydrogens is 388 g/mol. The Hall–Kier alpha value is -4.15. The van der Waals surface area contributed by atoms with Gasteiger partial charge in [-0.1, -0.05) is 0 Å². The molecule has 29 heavy (non-hydrogen) atoms. The smallest absolute Gasteiger partial charge is 0.332 e. The van der Waals surface area contributed by atoms with Gasteiger partial charge in [-0.3, -0.25) is 25.0 Å². The van der Waals surface area contributed by atoms with Gasteiger partial charge in [0, 0.05) is 5.56 Å². The molecule has 0 aliphatic carbocycles. The van der Waals surface area contributed by atoms with Crippen LogP contribution in [0.25, 0.3) is 22.1 Å². The van der Waals surface area contributed by atoms with Crippen molar-refractivity contribution in [1.29, 1.82) is 0 Å². The van der Waals surface area contributed by atoms with E-state index in [0.29, 0.717) is 5.75 Å². The minimum atomic E-state index is -1.23. The first-order valence-corrected chi connectivity index (χ1v) is 8.05.